The van der Waals surface area contributed by atoms with Crippen molar-refractivity contribution in [2.24, 2.45) is 0 Å². The number of likely N-dealkylation sites (tertiary alicyclic amines) is 1. The molecule has 1 aliphatic heterocycles. The van der Waals surface area contributed by atoms with Crippen molar-refractivity contribution in [2.75, 3.05) is 19.5 Å². The molecule has 42 heavy (non-hydrogen) atoms. The molecule has 3 aromatic rings. The van der Waals surface area contributed by atoms with Crippen molar-refractivity contribution in [3.05, 3.63) is 99.5 Å². The van der Waals surface area contributed by atoms with E-state index in [1.165, 1.54) is 14.2 Å². The number of hydrogen-bond donors (Lipinski definition) is 2. The highest BCUT2D eigenvalue weighted by molar-refractivity contribution is 6.40. The number of benzene rings is 3. The molecule has 2 N–H and O–H groups in total. The number of ether oxygens (including phenoxy) is 2. The Labute approximate surface area is 254 Å². The predicted molar refractivity (Wildman–Crippen MR) is 159 cm³/mol. The number of nitrogens with one attached hydrogen (secondary N) is 2. The standard InChI is InChI=1S/C31H31Cl2N3O6/c1-18(20-8-5-4-6-9-20)36-25(17-26(36)31(40)42-3)28(37)35-24(30(39)41-2)16-19-12-14-21(15-13-19)34-29(38)27-22(32)10-7-11-23(27)33/h4-15,18,24-26H,16-17H2,1-3H3,(H,34,38)(H,35,37). The van der Waals surface area contributed by atoms with Crippen LogP contribution < -0.4 is 10.6 Å². The van der Waals surface area contributed by atoms with Crippen molar-refractivity contribution >= 4 is 52.6 Å². The van der Waals surface area contributed by atoms with Crippen LogP contribution in [0.15, 0.2) is 72.8 Å². The van der Waals surface area contributed by atoms with E-state index in [1.807, 2.05) is 37.3 Å². The van der Waals surface area contributed by atoms with Crippen LogP contribution in [-0.2, 0) is 30.3 Å². The fraction of sp³-hybridized carbons (Fsp3) is 0.290. The number of nitrogens with zero attached hydrogens (tertiary/aromatic N) is 1. The zero-order valence-corrected chi connectivity index (χ0v) is 24.8. The molecule has 1 saturated heterocycles. The maximum Gasteiger partial charge on any atom is 0.328 e. The maximum absolute atomic E-state index is 13.4. The number of amides is 2. The van der Waals surface area contributed by atoms with Crippen molar-refractivity contribution in [1.82, 2.24) is 10.2 Å². The Bertz CT molecular complexity index is 1430. The number of hydrogen-bond acceptors (Lipinski definition) is 7. The minimum Gasteiger partial charge on any atom is -0.468 e. The highest BCUT2D eigenvalue weighted by Crippen LogP contribution is 2.36. The van der Waals surface area contributed by atoms with Crippen LogP contribution >= 0.6 is 23.2 Å². The van der Waals surface area contributed by atoms with Crippen molar-refractivity contribution in [3.8, 4) is 0 Å². The quantitative estimate of drug-likeness (QED) is 0.316. The van der Waals surface area contributed by atoms with Gasteiger partial charge in [-0.25, -0.2) is 4.79 Å². The molecule has 4 atom stereocenters. The van der Waals surface area contributed by atoms with Crippen molar-refractivity contribution in [2.45, 2.75) is 43.9 Å². The molecular weight excluding hydrogens is 581 g/mol. The Hall–Kier alpha value is -3.92. The first-order valence-electron chi connectivity index (χ1n) is 13.3. The lowest BCUT2D eigenvalue weighted by Gasteiger charge is -2.49. The predicted octanol–water partition coefficient (Wildman–Crippen LogP) is 4.82. The van der Waals surface area contributed by atoms with Crippen molar-refractivity contribution in [1.29, 1.82) is 0 Å². The molecular formula is C31H31Cl2N3O6. The third-order valence-corrected chi connectivity index (χ3v) is 7.94. The van der Waals surface area contributed by atoms with Crippen LogP contribution in [0.25, 0.3) is 0 Å². The van der Waals surface area contributed by atoms with E-state index in [1.54, 1.807) is 47.4 Å². The minimum absolute atomic E-state index is 0.143. The fourth-order valence-corrected chi connectivity index (χ4v) is 5.61. The summed E-state index contributed by atoms with van der Waals surface area (Å²) in [6.07, 6.45) is 0.401. The molecule has 0 aliphatic carbocycles. The highest BCUT2D eigenvalue weighted by atomic mass is 35.5. The first kappa shape index (κ1) is 31.0. The molecule has 0 aromatic heterocycles. The van der Waals surface area contributed by atoms with E-state index in [-0.39, 0.29) is 34.5 Å². The van der Waals surface area contributed by atoms with Crippen LogP contribution in [0, 0.1) is 0 Å². The molecule has 1 fully saturated rings. The second-order valence-corrected chi connectivity index (χ2v) is 10.7. The van der Waals surface area contributed by atoms with Crippen LogP contribution in [-0.4, -0.2) is 61.0 Å². The smallest absolute Gasteiger partial charge is 0.328 e. The van der Waals surface area contributed by atoms with Gasteiger partial charge in [-0.15, -0.1) is 0 Å². The Morgan fingerprint density at radius 2 is 1.52 bits per heavy atom. The van der Waals surface area contributed by atoms with E-state index >= 15 is 0 Å². The summed E-state index contributed by atoms with van der Waals surface area (Å²) >= 11 is 12.3. The van der Waals surface area contributed by atoms with Gasteiger partial charge in [0.25, 0.3) is 5.91 Å². The van der Waals surface area contributed by atoms with Gasteiger partial charge in [-0.3, -0.25) is 19.3 Å². The van der Waals surface area contributed by atoms with E-state index in [0.29, 0.717) is 5.69 Å². The Kier molecular flexibility index (Phi) is 10.2. The summed E-state index contributed by atoms with van der Waals surface area (Å²) < 4.78 is 9.92. The van der Waals surface area contributed by atoms with Crippen molar-refractivity contribution < 1.29 is 28.7 Å². The molecule has 9 nitrogen and oxygen atoms in total. The number of carbonyl (C=O) groups excluding carboxylic acids is 4. The largest absolute Gasteiger partial charge is 0.468 e. The molecule has 4 unspecified atom stereocenters. The van der Waals surface area contributed by atoms with Crippen LogP contribution in [0.3, 0.4) is 0 Å². The van der Waals surface area contributed by atoms with E-state index in [4.69, 9.17) is 32.7 Å². The summed E-state index contributed by atoms with van der Waals surface area (Å²) in [6, 6.07) is 18.7. The molecule has 4 rings (SSSR count). The molecule has 1 heterocycles. The number of esters is 2. The molecule has 0 saturated carbocycles. The molecule has 2 amide bonds. The monoisotopic (exact) mass is 611 g/mol. The third kappa shape index (κ3) is 6.92. The van der Waals surface area contributed by atoms with Crippen LogP contribution in [0.2, 0.25) is 10.0 Å². The second kappa shape index (κ2) is 13.8. The third-order valence-electron chi connectivity index (χ3n) is 7.32. The van der Waals surface area contributed by atoms with Gasteiger partial charge in [-0.2, -0.15) is 0 Å². The summed E-state index contributed by atoms with van der Waals surface area (Å²) in [4.78, 5) is 53.0. The Balaban J connectivity index is 1.45. The van der Waals surface area contributed by atoms with Crippen molar-refractivity contribution in [3.63, 3.8) is 0 Å². The van der Waals surface area contributed by atoms with E-state index in [0.717, 1.165) is 11.1 Å². The van der Waals surface area contributed by atoms with E-state index in [9.17, 15) is 19.2 Å². The zero-order valence-electron chi connectivity index (χ0n) is 23.3. The maximum atomic E-state index is 13.4. The van der Waals surface area contributed by atoms with Crippen LogP contribution in [0.4, 0.5) is 5.69 Å². The van der Waals surface area contributed by atoms with Gasteiger partial charge in [-0.05, 0) is 48.7 Å². The lowest BCUT2D eigenvalue weighted by Crippen LogP contribution is -2.66. The molecule has 1 aliphatic rings. The van der Waals surface area contributed by atoms with E-state index in [2.05, 4.69) is 10.6 Å². The fourth-order valence-electron chi connectivity index (χ4n) is 5.05. The minimum atomic E-state index is -0.976. The highest BCUT2D eigenvalue weighted by Gasteiger charge is 2.50. The number of halogens is 2. The number of methoxy groups -OCH3 is 2. The lowest BCUT2D eigenvalue weighted by molar-refractivity contribution is -0.164. The Morgan fingerprint density at radius 1 is 0.881 bits per heavy atom. The van der Waals surface area contributed by atoms with Crippen LogP contribution in [0.5, 0.6) is 0 Å². The molecule has 0 bridgehead atoms. The van der Waals surface area contributed by atoms with Gasteiger partial charge in [0.15, 0.2) is 0 Å². The lowest BCUT2D eigenvalue weighted by atomic mass is 9.87. The first-order valence-corrected chi connectivity index (χ1v) is 14.0. The second-order valence-electron chi connectivity index (χ2n) is 9.86. The van der Waals surface area contributed by atoms with E-state index < -0.39 is 41.9 Å². The molecule has 0 radical (unpaired) electrons. The average Bonchev–Trinajstić information content (AvgIpc) is 2.97. The van der Waals surface area contributed by atoms with Gasteiger partial charge in [0.1, 0.15) is 12.1 Å². The number of anilines is 1. The van der Waals surface area contributed by atoms with Gasteiger partial charge in [0.05, 0.1) is 35.9 Å². The topological polar surface area (TPSA) is 114 Å². The summed E-state index contributed by atoms with van der Waals surface area (Å²) in [6.45, 7) is 1.92. The van der Waals surface area contributed by atoms with Crippen LogP contribution in [0.1, 0.15) is 40.9 Å². The molecule has 3 aromatic carbocycles. The van der Waals surface area contributed by atoms with Gasteiger partial charge in [0, 0.05) is 18.2 Å². The van der Waals surface area contributed by atoms with Gasteiger partial charge >= 0.3 is 11.9 Å². The average molecular weight is 613 g/mol. The normalized spacial score (nSPS) is 17.7. The SMILES string of the molecule is COC(=O)C(Cc1ccc(NC(=O)c2c(Cl)cccc2Cl)cc1)NC(=O)C1CC(C(=O)OC)N1C(C)c1ccccc1. The molecule has 0 spiro atoms. The first-order chi connectivity index (χ1) is 20.1. The summed E-state index contributed by atoms with van der Waals surface area (Å²) in [5.74, 6) is -1.89. The Morgan fingerprint density at radius 3 is 2.12 bits per heavy atom. The molecule has 220 valence electrons. The molecule has 11 heteroatoms. The summed E-state index contributed by atoms with van der Waals surface area (Å²) in [7, 11) is 2.57. The zero-order chi connectivity index (χ0) is 30.4. The summed E-state index contributed by atoms with van der Waals surface area (Å²) in [5.41, 5.74) is 2.32. The number of carbonyl (C=O) groups is 4. The van der Waals surface area contributed by atoms with Gasteiger partial charge in [-0.1, -0.05) is 71.7 Å². The van der Waals surface area contributed by atoms with Gasteiger partial charge in [0.2, 0.25) is 5.91 Å². The van der Waals surface area contributed by atoms with Gasteiger partial charge < -0.3 is 20.1 Å². The summed E-state index contributed by atoms with van der Waals surface area (Å²) in [5, 5.41) is 6.02. The number of rotatable bonds is 10.